The van der Waals surface area contributed by atoms with Crippen LogP contribution in [0.1, 0.15) is 29.6 Å². The number of nitrogens with one attached hydrogen (secondary N) is 1. The lowest BCUT2D eigenvalue weighted by molar-refractivity contribution is -0.384. The third-order valence-corrected chi connectivity index (χ3v) is 4.87. The molecular formula is C23H19N5O5. The summed E-state index contributed by atoms with van der Waals surface area (Å²) in [4.78, 5) is 35.6. The van der Waals surface area contributed by atoms with Crippen molar-refractivity contribution in [2.45, 2.75) is 19.9 Å². The van der Waals surface area contributed by atoms with E-state index in [0.717, 1.165) is 0 Å². The number of benzene rings is 2. The van der Waals surface area contributed by atoms with E-state index in [4.69, 9.17) is 4.42 Å². The van der Waals surface area contributed by atoms with Crippen molar-refractivity contribution in [2.24, 2.45) is 5.10 Å². The first kappa shape index (κ1) is 21.6. The molecule has 0 bridgehead atoms. The molecule has 0 saturated heterocycles. The standard InChI is InChI=1S/C23H19N5O5/c1-2-13-27-23(30)19-6-4-3-5-18(19)21(26-27)22(29)25-24-14-17-11-12-20(33-17)15-7-9-16(10-8-15)28(31)32/h3-12,14H,2,13H2,1H3,(H,25,29)/b24-14+. The van der Waals surface area contributed by atoms with E-state index in [1.54, 1.807) is 48.5 Å². The maximum Gasteiger partial charge on any atom is 0.292 e. The van der Waals surface area contributed by atoms with Gasteiger partial charge in [0.2, 0.25) is 0 Å². The number of nitro benzene ring substituents is 1. The van der Waals surface area contributed by atoms with Crippen LogP contribution < -0.4 is 11.0 Å². The number of hydrazone groups is 1. The zero-order valence-corrected chi connectivity index (χ0v) is 17.6. The second-order valence-corrected chi connectivity index (χ2v) is 7.13. The lowest BCUT2D eigenvalue weighted by atomic mass is 10.1. The maximum atomic E-state index is 12.7. The predicted octanol–water partition coefficient (Wildman–Crippen LogP) is 3.74. The molecule has 10 nitrogen and oxygen atoms in total. The van der Waals surface area contributed by atoms with Crippen LogP contribution in [0.15, 0.2) is 75.0 Å². The average molecular weight is 445 g/mol. The van der Waals surface area contributed by atoms with Crippen molar-refractivity contribution in [2.75, 3.05) is 0 Å². The maximum absolute atomic E-state index is 12.7. The fourth-order valence-electron chi connectivity index (χ4n) is 3.30. The summed E-state index contributed by atoms with van der Waals surface area (Å²) in [7, 11) is 0. The SMILES string of the molecule is CCCn1nc(C(=O)N/N=C/c2ccc(-c3ccc([N+](=O)[O-])cc3)o2)c2ccccc2c1=O. The third-order valence-electron chi connectivity index (χ3n) is 4.87. The molecule has 1 N–H and O–H groups in total. The molecule has 0 unspecified atom stereocenters. The molecule has 2 aromatic carbocycles. The van der Waals surface area contributed by atoms with Gasteiger partial charge in [0.25, 0.3) is 17.2 Å². The number of nitro groups is 1. The molecule has 4 aromatic rings. The highest BCUT2D eigenvalue weighted by molar-refractivity contribution is 6.04. The van der Waals surface area contributed by atoms with Crippen molar-refractivity contribution in [1.29, 1.82) is 0 Å². The minimum Gasteiger partial charge on any atom is -0.455 e. The second kappa shape index (κ2) is 9.27. The lowest BCUT2D eigenvalue weighted by Crippen LogP contribution is -2.29. The Morgan fingerprint density at radius 2 is 1.88 bits per heavy atom. The van der Waals surface area contributed by atoms with Crippen LogP contribution in [0, 0.1) is 10.1 Å². The molecule has 2 heterocycles. The van der Waals surface area contributed by atoms with E-state index in [0.29, 0.717) is 40.8 Å². The van der Waals surface area contributed by atoms with Crippen molar-refractivity contribution < 1.29 is 14.1 Å². The number of carbonyl (C=O) groups is 1. The number of fused-ring (bicyclic) bond motifs is 1. The first-order valence-corrected chi connectivity index (χ1v) is 10.2. The summed E-state index contributed by atoms with van der Waals surface area (Å²) < 4.78 is 6.94. The van der Waals surface area contributed by atoms with Crippen molar-refractivity contribution in [3.63, 3.8) is 0 Å². The average Bonchev–Trinajstić information content (AvgIpc) is 3.30. The quantitative estimate of drug-likeness (QED) is 0.262. The number of aryl methyl sites for hydroxylation is 1. The summed E-state index contributed by atoms with van der Waals surface area (Å²) >= 11 is 0. The Kier molecular flexibility index (Phi) is 6.07. The van der Waals surface area contributed by atoms with Crippen LogP contribution in [-0.2, 0) is 6.54 Å². The summed E-state index contributed by atoms with van der Waals surface area (Å²) in [5, 5.41) is 19.8. The number of non-ortho nitro benzene ring substituents is 1. The molecule has 0 radical (unpaired) electrons. The molecule has 0 fully saturated rings. The van der Waals surface area contributed by atoms with E-state index in [1.165, 1.54) is 23.0 Å². The predicted molar refractivity (Wildman–Crippen MR) is 122 cm³/mol. The Labute approximate surface area is 187 Å². The van der Waals surface area contributed by atoms with Crippen LogP contribution in [0.5, 0.6) is 0 Å². The van der Waals surface area contributed by atoms with Crippen molar-refractivity contribution in [3.8, 4) is 11.3 Å². The fourth-order valence-corrected chi connectivity index (χ4v) is 3.30. The number of carbonyl (C=O) groups excluding carboxylic acids is 1. The van der Waals surface area contributed by atoms with Crippen LogP contribution in [-0.4, -0.2) is 26.8 Å². The van der Waals surface area contributed by atoms with Gasteiger partial charge in [-0.2, -0.15) is 10.2 Å². The fraction of sp³-hybridized carbons (Fsp3) is 0.130. The van der Waals surface area contributed by atoms with E-state index in [-0.39, 0.29) is 16.9 Å². The Bertz CT molecular complexity index is 1420. The molecule has 33 heavy (non-hydrogen) atoms. The largest absolute Gasteiger partial charge is 0.455 e. The van der Waals surface area contributed by atoms with Gasteiger partial charge in [0.15, 0.2) is 5.69 Å². The van der Waals surface area contributed by atoms with Crippen molar-refractivity contribution in [1.82, 2.24) is 15.2 Å². The molecule has 0 aliphatic carbocycles. The van der Waals surface area contributed by atoms with Crippen LogP contribution in [0.4, 0.5) is 5.69 Å². The van der Waals surface area contributed by atoms with Crippen LogP contribution in [0.3, 0.4) is 0 Å². The Hall–Kier alpha value is -4.60. The van der Waals surface area contributed by atoms with Gasteiger partial charge in [-0.15, -0.1) is 0 Å². The molecule has 4 rings (SSSR count). The molecule has 0 aliphatic heterocycles. The van der Waals surface area contributed by atoms with E-state index in [9.17, 15) is 19.7 Å². The zero-order valence-electron chi connectivity index (χ0n) is 17.6. The first-order valence-electron chi connectivity index (χ1n) is 10.2. The summed E-state index contributed by atoms with van der Waals surface area (Å²) in [5.41, 5.74) is 2.92. The van der Waals surface area contributed by atoms with Gasteiger partial charge in [-0.1, -0.05) is 25.1 Å². The van der Waals surface area contributed by atoms with Crippen LogP contribution >= 0.6 is 0 Å². The molecule has 2 aromatic heterocycles. The minimum absolute atomic E-state index is 0.0128. The number of rotatable bonds is 7. The summed E-state index contributed by atoms with van der Waals surface area (Å²) in [6.07, 6.45) is 2.02. The number of amides is 1. The molecule has 0 spiro atoms. The van der Waals surface area contributed by atoms with Gasteiger partial charge >= 0.3 is 0 Å². The normalized spacial score (nSPS) is 11.2. The second-order valence-electron chi connectivity index (χ2n) is 7.13. The molecule has 1 amide bonds. The van der Waals surface area contributed by atoms with Crippen molar-refractivity contribution in [3.05, 3.63) is 92.6 Å². The van der Waals surface area contributed by atoms with Gasteiger partial charge in [0.1, 0.15) is 11.5 Å². The van der Waals surface area contributed by atoms with E-state index in [2.05, 4.69) is 15.6 Å². The summed E-state index contributed by atoms with van der Waals surface area (Å²) in [6, 6.07) is 16.1. The number of furan rings is 1. The highest BCUT2D eigenvalue weighted by atomic mass is 16.6. The lowest BCUT2D eigenvalue weighted by Gasteiger charge is -2.09. The first-order chi connectivity index (χ1) is 16.0. The minimum atomic E-state index is -0.561. The van der Waals surface area contributed by atoms with E-state index in [1.807, 2.05) is 6.92 Å². The molecule has 166 valence electrons. The number of aromatic nitrogens is 2. The highest BCUT2D eigenvalue weighted by Crippen LogP contribution is 2.24. The zero-order chi connectivity index (χ0) is 23.4. The number of hydrogen-bond donors (Lipinski definition) is 1. The van der Waals surface area contributed by atoms with Crippen LogP contribution in [0.25, 0.3) is 22.1 Å². The molecule has 0 saturated carbocycles. The van der Waals surface area contributed by atoms with E-state index >= 15 is 0 Å². The van der Waals surface area contributed by atoms with E-state index < -0.39 is 10.8 Å². The van der Waals surface area contributed by atoms with Gasteiger partial charge in [-0.25, -0.2) is 10.1 Å². The summed E-state index contributed by atoms with van der Waals surface area (Å²) in [5.74, 6) is 0.309. The Balaban J connectivity index is 1.52. The Morgan fingerprint density at radius 3 is 2.58 bits per heavy atom. The van der Waals surface area contributed by atoms with Gasteiger partial charge in [0.05, 0.1) is 16.5 Å². The smallest absolute Gasteiger partial charge is 0.292 e. The molecule has 0 atom stereocenters. The van der Waals surface area contributed by atoms with Gasteiger partial charge < -0.3 is 4.42 Å². The molecule has 10 heteroatoms. The van der Waals surface area contributed by atoms with Gasteiger partial charge in [-0.05, 0) is 36.8 Å². The molecule has 0 aliphatic rings. The highest BCUT2D eigenvalue weighted by Gasteiger charge is 2.16. The number of hydrogen-bond acceptors (Lipinski definition) is 7. The topological polar surface area (TPSA) is 133 Å². The summed E-state index contributed by atoms with van der Waals surface area (Å²) in [6.45, 7) is 2.31. The van der Waals surface area contributed by atoms with Gasteiger partial charge in [0, 0.05) is 29.6 Å². The van der Waals surface area contributed by atoms with Gasteiger partial charge in [-0.3, -0.25) is 19.7 Å². The monoisotopic (exact) mass is 445 g/mol. The Morgan fingerprint density at radius 1 is 1.15 bits per heavy atom. The molecular weight excluding hydrogens is 426 g/mol. The third kappa shape index (κ3) is 4.54. The van der Waals surface area contributed by atoms with Crippen LogP contribution in [0.2, 0.25) is 0 Å². The van der Waals surface area contributed by atoms with Crippen molar-refractivity contribution >= 4 is 28.6 Å². The number of nitrogens with zero attached hydrogens (tertiary/aromatic N) is 4.